The molecule has 3 fully saturated rings. The van der Waals surface area contributed by atoms with Crippen molar-refractivity contribution in [2.75, 3.05) is 25.4 Å². The van der Waals surface area contributed by atoms with Gasteiger partial charge in [0.1, 0.15) is 36.0 Å². The zero-order valence-electron chi connectivity index (χ0n) is 31.0. The molecule has 308 valence electrons. The van der Waals surface area contributed by atoms with E-state index in [9.17, 15) is 49.2 Å². The van der Waals surface area contributed by atoms with Crippen LogP contribution in [0.15, 0.2) is 46.5 Å². The van der Waals surface area contributed by atoms with Crippen LogP contribution < -0.4 is 20.7 Å². The van der Waals surface area contributed by atoms with Gasteiger partial charge in [0.2, 0.25) is 17.8 Å². The van der Waals surface area contributed by atoms with Gasteiger partial charge in [-0.25, -0.2) is 28.7 Å². The van der Waals surface area contributed by atoms with Crippen LogP contribution in [0.4, 0.5) is 9.93 Å². The summed E-state index contributed by atoms with van der Waals surface area (Å²) in [5, 5.41) is 53.9. The standard InChI is InChI=1S/C34H37ClN10O11S2/c1-17-13-44(32(55)45(17)38-7-9-42-11-10-41(16-42)8-6-37-26(49)18-4-5-21(46)25(48)23(18)35)34(30(53)54)15-43-27(50)19(28(43)58-34)12-22(47)24(20-14-57-31(36)39-20)40-56-33(2,3)29(51)52/h4-5,7,10-11,14,16-17,19,28H,6,8-9,12-13,15H2,1-3H3,(H6-,36,37,39,40,46,47,48,49,51,52,53,54)/b38-7+/t17-,19+,28+,34?/m0/s1. The normalized spacial score (nSPS) is 22.0. The van der Waals surface area contributed by atoms with Gasteiger partial charge in [0.05, 0.1) is 53.2 Å². The van der Waals surface area contributed by atoms with Gasteiger partial charge in [0.15, 0.2) is 28.1 Å². The summed E-state index contributed by atoms with van der Waals surface area (Å²) in [4.78, 5) is 87.1. The number of carboxylic acid groups (broad SMARTS) is 2. The monoisotopic (exact) mass is 860 g/mol. The fraction of sp³-hybridized carbons (Fsp3) is 0.412. The van der Waals surface area contributed by atoms with Crippen molar-refractivity contribution in [3.8, 4) is 11.5 Å². The van der Waals surface area contributed by atoms with Gasteiger partial charge < -0.3 is 46.0 Å². The second kappa shape index (κ2) is 16.1. The number of carbonyl (C=O) groups excluding carboxylic acids is 5. The number of nitrogen functional groups attached to an aromatic ring is 1. The Bertz CT molecular complexity index is 2250. The number of fused-ring (bicyclic) bond motifs is 1. The Kier molecular flexibility index (Phi) is 11.6. The summed E-state index contributed by atoms with van der Waals surface area (Å²) in [5.74, 6) is -6.79. The molecule has 0 bridgehead atoms. The molecule has 58 heavy (non-hydrogen) atoms. The Morgan fingerprint density at radius 2 is 2.00 bits per heavy atom. The number of phenols is 2. The second-order valence-corrected chi connectivity index (χ2v) is 16.6. The van der Waals surface area contributed by atoms with Crippen molar-refractivity contribution in [3.05, 3.63) is 52.5 Å². The van der Waals surface area contributed by atoms with Crippen molar-refractivity contribution in [2.45, 2.75) is 62.2 Å². The van der Waals surface area contributed by atoms with E-state index in [1.54, 1.807) is 34.8 Å². The fourth-order valence-corrected chi connectivity index (χ4v) is 8.75. The number of thiazole rings is 1. The molecule has 0 aliphatic carbocycles. The molecule has 4 atom stereocenters. The first-order valence-electron chi connectivity index (χ1n) is 17.4. The number of nitrogens with one attached hydrogen (secondary N) is 1. The first-order valence-corrected chi connectivity index (χ1v) is 19.6. The van der Waals surface area contributed by atoms with Gasteiger partial charge in [-0.05, 0) is 32.9 Å². The second-order valence-electron chi connectivity index (χ2n) is 14.0. The highest BCUT2D eigenvalue weighted by atomic mass is 35.5. The minimum Gasteiger partial charge on any atom is -0.547 e. The Labute approximate surface area is 342 Å². The van der Waals surface area contributed by atoms with E-state index in [1.165, 1.54) is 36.4 Å². The predicted octanol–water partition coefficient (Wildman–Crippen LogP) is -0.358. The SMILES string of the molecule is C[C@H]1CN(C2(C(=O)[O-])CN3C(=O)[C@@H](CC(=O)/C(=N\OC(C)(C)C(=O)O)c4csc(N)n4)[C@H]3S2)C(=O)N1/N=C/C[n+]1ccn(CCNC(=O)c2ccc(O)c(O)c2Cl)c1. The molecule has 21 nitrogen and oxygen atoms in total. The van der Waals surface area contributed by atoms with Gasteiger partial charge in [0, 0.05) is 18.3 Å². The lowest BCUT2D eigenvalue weighted by Crippen LogP contribution is -2.62. The molecule has 6 rings (SSSR count). The lowest BCUT2D eigenvalue weighted by atomic mass is 9.90. The van der Waals surface area contributed by atoms with E-state index >= 15 is 0 Å². The molecule has 1 aromatic carbocycles. The largest absolute Gasteiger partial charge is 0.547 e. The molecule has 3 saturated heterocycles. The number of aliphatic carboxylic acids is 2. The summed E-state index contributed by atoms with van der Waals surface area (Å²) in [5.41, 5.74) is 3.57. The number of ketones is 1. The number of halogens is 1. The van der Waals surface area contributed by atoms with E-state index in [1.807, 2.05) is 0 Å². The number of hydrazone groups is 1. The number of anilines is 1. The van der Waals surface area contributed by atoms with Crippen LogP contribution >= 0.6 is 34.7 Å². The van der Waals surface area contributed by atoms with E-state index in [0.717, 1.165) is 39.1 Å². The number of Topliss-reactive ketones (excluding diaryl/α,β-unsaturated/α-hetero) is 1. The van der Waals surface area contributed by atoms with Gasteiger partial charge in [-0.15, -0.1) is 11.3 Å². The van der Waals surface area contributed by atoms with Crippen LogP contribution in [-0.2, 0) is 37.1 Å². The van der Waals surface area contributed by atoms with Gasteiger partial charge in [0.25, 0.3) is 5.91 Å². The number of nitrogens with zero attached hydrogens (tertiary/aromatic N) is 8. The number of urea groups is 1. The molecule has 0 saturated carbocycles. The van der Waals surface area contributed by atoms with Crippen LogP contribution in [0.25, 0.3) is 0 Å². The molecular weight excluding hydrogens is 824 g/mol. The molecule has 3 aromatic rings. The minimum absolute atomic E-state index is 0.00173. The third-order valence-electron chi connectivity index (χ3n) is 9.55. The minimum atomic E-state index is -1.99. The first kappa shape index (κ1) is 41.7. The molecule has 0 spiro atoms. The molecule has 3 aliphatic rings. The molecule has 4 amide bonds. The number of hydrogen-bond acceptors (Lipinski definition) is 16. The number of rotatable bonds is 16. The number of imidazole rings is 1. The maximum absolute atomic E-state index is 13.7. The summed E-state index contributed by atoms with van der Waals surface area (Å²) in [6.45, 7) is 4.47. The maximum atomic E-state index is 13.7. The van der Waals surface area contributed by atoms with Crippen molar-refractivity contribution < 1.29 is 58.6 Å². The number of aromatic nitrogens is 3. The van der Waals surface area contributed by atoms with E-state index in [0.29, 0.717) is 6.54 Å². The highest BCUT2D eigenvalue weighted by Crippen LogP contribution is 2.53. The number of thioether (sulfide) groups is 1. The summed E-state index contributed by atoms with van der Waals surface area (Å²) >= 11 is 7.78. The fourth-order valence-electron chi connectivity index (χ4n) is 6.29. The van der Waals surface area contributed by atoms with E-state index in [-0.39, 0.29) is 46.8 Å². The lowest BCUT2D eigenvalue weighted by molar-refractivity contribution is -0.680. The molecule has 5 heterocycles. The number of benzene rings is 1. The predicted molar refractivity (Wildman–Crippen MR) is 203 cm³/mol. The average molecular weight is 861 g/mol. The quantitative estimate of drug-likeness (QED) is 0.0405. The maximum Gasteiger partial charge on any atom is 0.350 e. The number of phenolic OH excluding ortho intramolecular Hbond substituents is 2. The third-order valence-corrected chi connectivity index (χ3v) is 12.3. The third kappa shape index (κ3) is 7.96. The Balaban J connectivity index is 1.06. The Hall–Kier alpha value is -5.94. The zero-order chi connectivity index (χ0) is 42.3. The Morgan fingerprint density at radius 1 is 1.26 bits per heavy atom. The van der Waals surface area contributed by atoms with Crippen LogP contribution in [0, 0.1) is 5.92 Å². The number of aromatic hydroxyl groups is 2. The average Bonchev–Trinajstić information content (AvgIpc) is 3.96. The Morgan fingerprint density at radius 3 is 2.67 bits per heavy atom. The van der Waals surface area contributed by atoms with Crippen LogP contribution in [0.3, 0.4) is 0 Å². The molecule has 3 aliphatic heterocycles. The van der Waals surface area contributed by atoms with Crippen molar-refractivity contribution >= 4 is 87.3 Å². The molecule has 2 aromatic heterocycles. The summed E-state index contributed by atoms with van der Waals surface area (Å²) in [7, 11) is 0. The summed E-state index contributed by atoms with van der Waals surface area (Å²) in [6, 6.07) is 1.15. The van der Waals surface area contributed by atoms with Crippen LogP contribution in [0.5, 0.6) is 11.5 Å². The lowest BCUT2D eigenvalue weighted by Gasteiger charge is -2.41. The van der Waals surface area contributed by atoms with Crippen molar-refractivity contribution in [3.63, 3.8) is 0 Å². The zero-order valence-corrected chi connectivity index (χ0v) is 33.4. The van der Waals surface area contributed by atoms with Gasteiger partial charge >= 0.3 is 12.0 Å². The molecular formula is C34H37ClN10O11S2. The van der Waals surface area contributed by atoms with Gasteiger partial charge in [-0.1, -0.05) is 28.5 Å². The number of carboxylic acids is 2. The van der Waals surface area contributed by atoms with Crippen LogP contribution in [0.1, 0.15) is 43.2 Å². The summed E-state index contributed by atoms with van der Waals surface area (Å²) in [6.07, 6.45) is 6.22. The smallest absolute Gasteiger partial charge is 0.350 e. The number of hydrogen-bond donors (Lipinski definition) is 5. The molecule has 24 heteroatoms. The van der Waals surface area contributed by atoms with E-state index in [4.69, 9.17) is 22.2 Å². The van der Waals surface area contributed by atoms with E-state index < -0.39 is 87.8 Å². The molecule has 6 N–H and O–H groups in total. The van der Waals surface area contributed by atoms with Crippen LogP contribution in [0.2, 0.25) is 5.02 Å². The highest BCUT2D eigenvalue weighted by Gasteiger charge is 2.64. The molecule has 1 unspecified atom stereocenters. The number of β-lactam (4-membered cyclic amide) rings is 1. The highest BCUT2D eigenvalue weighted by molar-refractivity contribution is 8.02. The number of oxime groups is 1. The van der Waals surface area contributed by atoms with E-state index in [2.05, 4.69) is 20.6 Å². The number of amides is 4. The first-order chi connectivity index (χ1) is 27.3. The van der Waals surface area contributed by atoms with Crippen LogP contribution in [-0.4, -0.2) is 129 Å². The molecule has 0 radical (unpaired) electrons. The topological polar surface area (TPSA) is 290 Å². The summed E-state index contributed by atoms with van der Waals surface area (Å²) < 4.78 is 3.52. The number of carbonyl (C=O) groups is 6. The van der Waals surface area contributed by atoms with Gasteiger partial charge in [-0.2, -0.15) is 5.10 Å². The number of nitrogens with two attached hydrogens (primary N) is 1. The van der Waals surface area contributed by atoms with Gasteiger partial charge in [-0.3, -0.25) is 19.3 Å². The van der Waals surface area contributed by atoms with Crippen molar-refractivity contribution in [1.82, 2.24) is 29.7 Å². The van der Waals surface area contributed by atoms with Crippen molar-refractivity contribution in [2.24, 2.45) is 16.2 Å². The van der Waals surface area contributed by atoms with Crippen molar-refractivity contribution in [1.29, 1.82) is 0 Å².